The number of alkyl halides is 8. The van der Waals surface area contributed by atoms with Gasteiger partial charge in [0.2, 0.25) is 0 Å². The van der Waals surface area contributed by atoms with Gasteiger partial charge in [-0.25, -0.2) is 4.74 Å². The number of aliphatic carboxylic acids is 1. The molecule has 2 aliphatic heterocycles. The molecule has 288 valence electrons. The lowest BCUT2D eigenvalue weighted by Gasteiger charge is -2.50. The normalized spacial score (nSPS) is 26.0. The quantitative estimate of drug-likeness (QED) is 0.0411. The Bertz CT molecular complexity index is 1270. The molecule has 1 N–H and O–H groups in total. The molecule has 2 fully saturated rings. The molecule has 0 saturated carbocycles. The third-order valence-corrected chi connectivity index (χ3v) is 10.6. The maximum Gasteiger partial charge on any atom is 0.460 e. The zero-order chi connectivity index (χ0) is 37.9. The van der Waals surface area contributed by atoms with Crippen molar-refractivity contribution in [3.8, 4) is 0 Å². The van der Waals surface area contributed by atoms with Crippen LogP contribution in [0.25, 0.3) is 0 Å². The molecule has 2 heterocycles. The molecule has 2 saturated heterocycles. The van der Waals surface area contributed by atoms with Gasteiger partial charge in [-0.2, -0.15) is 43.5 Å². The SMILES string of the molecule is CCOCO[C@@H]1C(OS(=O)(=O)C(F)(F)C(F)(F)OC(F)(F)C(F)(F)/C=C(\I)CCC(=O)O)[C@H](OCC[Si](C)(C)C)OC2COC(C)(C)O[C@H]21. The number of carboxylic acids is 1. The van der Waals surface area contributed by atoms with Gasteiger partial charge in [0.25, 0.3) is 0 Å². The molecular weight excluding hydrogens is 843 g/mol. The van der Waals surface area contributed by atoms with Crippen LogP contribution in [0, 0.1) is 0 Å². The highest BCUT2D eigenvalue weighted by Gasteiger charge is 2.75. The van der Waals surface area contributed by atoms with Gasteiger partial charge in [0.15, 0.2) is 18.2 Å². The van der Waals surface area contributed by atoms with Crippen molar-refractivity contribution in [1.29, 1.82) is 0 Å². The van der Waals surface area contributed by atoms with Crippen LogP contribution in [-0.4, -0.2) is 114 Å². The summed E-state index contributed by atoms with van der Waals surface area (Å²) in [5, 5.41) is 1.86. The largest absolute Gasteiger partial charge is 0.481 e. The fraction of sp³-hybridized carbons (Fsp3) is 0.885. The summed E-state index contributed by atoms with van der Waals surface area (Å²) in [5.74, 6) is -8.67. The lowest BCUT2D eigenvalue weighted by atomic mass is 9.97. The van der Waals surface area contributed by atoms with E-state index in [1.165, 1.54) is 13.8 Å². The Morgan fingerprint density at radius 3 is 2.18 bits per heavy atom. The highest BCUT2D eigenvalue weighted by atomic mass is 127. The van der Waals surface area contributed by atoms with Crippen LogP contribution in [-0.2, 0) is 52.3 Å². The Balaban J connectivity index is 2.49. The second-order valence-electron chi connectivity index (χ2n) is 12.5. The number of ether oxygens (including phenoxy) is 7. The monoisotopic (exact) mass is 882 g/mol. The van der Waals surface area contributed by atoms with Gasteiger partial charge in [-0.15, -0.1) is 0 Å². The minimum absolute atomic E-state index is 0.0427. The molecule has 0 aromatic carbocycles. The molecule has 0 spiro atoms. The minimum atomic E-state index is -7.12. The first-order chi connectivity index (χ1) is 22.1. The topological polar surface area (TPSA) is 145 Å². The van der Waals surface area contributed by atoms with Crippen molar-refractivity contribution >= 4 is 46.8 Å². The summed E-state index contributed by atoms with van der Waals surface area (Å²) < 4.78 is 182. The molecule has 12 nitrogen and oxygen atoms in total. The first-order valence-corrected chi connectivity index (χ1v) is 20.8. The fourth-order valence-corrected chi connectivity index (χ4v) is 6.47. The van der Waals surface area contributed by atoms with Crippen LogP contribution in [0.3, 0.4) is 0 Å². The lowest BCUT2D eigenvalue weighted by molar-refractivity contribution is -0.449. The van der Waals surface area contributed by atoms with Crippen LogP contribution in [0.5, 0.6) is 0 Å². The predicted octanol–water partition coefficient (Wildman–Crippen LogP) is 5.93. The molecular formula is C26H39F8IO12SSi. The standard InChI is InChI=1S/C26H39F8IO12SSi/c1-7-40-14-42-19-18-16(13-43-22(2,3)45-18)44-21(41-10-11-49(4,5)6)20(19)46-48(38,39)26(33,34)25(31,32)47-24(29,30)23(27,28)12-15(35)8-9-17(36)37/h12,16,18-21H,7-11,13-14H2,1-6H3,(H,36,37)/b15-12-/t16?,18-,19+,20?,21-/m1/s1. The summed E-state index contributed by atoms with van der Waals surface area (Å²) in [5.41, 5.74) is 0. The average molecular weight is 883 g/mol. The second-order valence-corrected chi connectivity index (χ2v) is 21.2. The van der Waals surface area contributed by atoms with E-state index in [-0.39, 0.29) is 19.8 Å². The summed E-state index contributed by atoms with van der Waals surface area (Å²) >= 11 is 0.998. The zero-order valence-corrected chi connectivity index (χ0v) is 31.1. The first-order valence-electron chi connectivity index (χ1n) is 14.6. The van der Waals surface area contributed by atoms with Crippen molar-refractivity contribution in [2.75, 3.05) is 26.6 Å². The number of carboxylic acid groups (broad SMARTS) is 1. The van der Waals surface area contributed by atoms with Gasteiger partial charge in [-0.1, -0.05) is 19.6 Å². The van der Waals surface area contributed by atoms with Crippen molar-refractivity contribution in [3.63, 3.8) is 0 Å². The molecule has 0 radical (unpaired) electrons. The van der Waals surface area contributed by atoms with Gasteiger partial charge < -0.3 is 33.5 Å². The van der Waals surface area contributed by atoms with E-state index in [4.69, 9.17) is 33.5 Å². The number of carbonyl (C=O) groups is 1. The molecule has 0 aliphatic carbocycles. The minimum Gasteiger partial charge on any atom is -0.481 e. The van der Waals surface area contributed by atoms with Crippen LogP contribution in [0.2, 0.25) is 25.7 Å². The maximum absolute atomic E-state index is 15.1. The second kappa shape index (κ2) is 16.5. The van der Waals surface area contributed by atoms with Crippen LogP contribution in [0.15, 0.2) is 9.66 Å². The van der Waals surface area contributed by atoms with Gasteiger partial charge in [0, 0.05) is 33.8 Å². The smallest absolute Gasteiger partial charge is 0.460 e. The maximum atomic E-state index is 15.1. The van der Waals surface area contributed by atoms with Crippen molar-refractivity contribution in [2.45, 2.75) is 119 Å². The molecule has 0 aromatic rings. The van der Waals surface area contributed by atoms with E-state index in [1.807, 2.05) is 19.6 Å². The molecule has 0 amide bonds. The number of hydrogen-bond donors (Lipinski definition) is 1. The number of fused-ring (bicyclic) bond motifs is 1. The van der Waals surface area contributed by atoms with Crippen LogP contribution >= 0.6 is 22.6 Å². The Kier molecular flexibility index (Phi) is 14.9. The van der Waals surface area contributed by atoms with Gasteiger partial charge in [-0.05, 0) is 59.4 Å². The Morgan fingerprint density at radius 1 is 1.02 bits per heavy atom. The summed E-state index contributed by atoms with van der Waals surface area (Å²) in [6.07, 6.45) is -24.2. The summed E-state index contributed by atoms with van der Waals surface area (Å²) in [6, 6.07) is 0.403. The van der Waals surface area contributed by atoms with Crippen LogP contribution in [0.1, 0.15) is 33.6 Å². The van der Waals surface area contributed by atoms with Crippen LogP contribution < -0.4 is 0 Å². The van der Waals surface area contributed by atoms with E-state index >= 15 is 8.78 Å². The Morgan fingerprint density at radius 2 is 1.63 bits per heavy atom. The van der Waals surface area contributed by atoms with E-state index < -0.39 is 113 Å². The highest BCUT2D eigenvalue weighted by Crippen LogP contribution is 2.49. The molecule has 0 bridgehead atoms. The van der Waals surface area contributed by atoms with E-state index in [2.05, 4.69) is 8.92 Å². The number of halogens is 9. The summed E-state index contributed by atoms with van der Waals surface area (Å²) in [4.78, 5) is 10.6. The molecule has 49 heavy (non-hydrogen) atoms. The number of hydrogen-bond acceptors (Lipinski definition) is 11. The van der Waals surface area contributed by atoms with E-state index in [0.29, 0.717) is 6.04 Å². The van der Waals surface area contributed by atoms with Crippen molar-refractivity contribution < 1.29 is 90.8 Å². The highest BCUT2D eigenvalue weighted by molar-refractivity contribution is 14.1. The van der Waals surface area contributed by atoms with Gasteiger partial charge in [-0.3, -0.25) is 8.98 Å². The molecule has 2 rings (SSSR count). The Labute approximate surface area is 292 Å². The third-order valence-electron chi connectivity index (χ3n) is 6.74. The summed E-state index contributed by atoms with van der Waals surface area (Å²) in [6.45, 7) is 9.20. The molecule has 5 atom stereocenters. The first kappa shape index (κ1) is 44.4. The predicted molar refractivity (Wildman–Crippen MR) is 163 cm³/mol. The van der Waals surface area contributed by atoms with E-state index in [1.54, 1.807) is 6.92 Å². The van der Waals surface area contributed by atoms with Gasteiger partial charge in [0.05, 0.1) is 6.61 Å². The van der Waals surface area contributed by atoms with Gasteiger partial charge in [0.1, 0.15) is 25.1 Å². The van der Waals surface area contributed by atoms with Crippen LogP contribution in [0.4, 0.5) is 35.1 Å². The third kappa shape index (κ3) is 11.9. The van der Waals surface area contributed by atoms with Crippen molar-refractivity contribution in [3.05, 3.63) is 9.66 Å². The van der Waals surface area contributed by atoms with E-state index in [9.17, 15) is 39.6 Å². The molecule has 2 unspecified atom stereocenters. The average Bonchev–Trinajstić information content (AvgIpc) is 2.91. The lowest BCUT2D eigenvalue weighted by Crippen LogP contribution is -2.67. The fourth-order valence-electron chi connectivity index (χ4n) is 4.14. The summed E-state index contributed by atoms with van der Waals surface area (Å²) in [7, 11) is -8.98. The van der Waals surface area contributed by atoms with E-state index in [0.717, 1.165) is 22.6 Å². The molecule has 0 aromatic heterocycles. The zero-order valence-electron chi connectivity index (χ0n) is 27.2. The Hall–Kier alpha value is -0.773. The number of allylic oxidation sites excluding steroid dienone is 1. The van der Waals surface area contributed by atoms with Crippen molar-refractivity contribution in [2.24, 2.45) is 0 Å². The van der Waals surface area contributed by atoms with Crippen molar-refractivity contribution in [1.82, 2.24) is 0 Å². The molecule has 2 aliphatic rings. The van der Waals surface area contributed by atoms with Gasteiger partial charge >= 0.3 is 39.5 Å². The number of rotatable bonds is 19. The molecule has 23 heteroatoms.